The predicted octanol–water partition coefficient (Wildman–Crippen LogP) is 4.99. The molecule has 1 fully saturated rings. The minimum Gasteiger partial charge on any atom is -0.507 e. The number of carbonyl (C=O) groups is 3. The van der Waals surface area contributed by atoms with Crippen LogP contribution in [0.5, 0.6) is 5.75 Å². The first-order valence-electron chi connectivity index (χ1n) is 9.38. The van der Waals surface area contributed by atoms with Gasteiger partial charge < -0.3 is 10.2 Å². The first kappa shape index (κ1) is 20.4. The Morgan fingerprint density at radius 2 is 1.61 bits per heavy atom. The standard InChI is InChI=1S/C24H17NO5S/c26-20-11-8-16(12-19(20)23(28)29)13-21-22(27)25(24(30)31-21)14-15-6-9-18(10-7-15)17-4-2-1-3-5-17/h1-13,26H,14H2,(H,28,29). The number of rotatable bonds is 5. The molecule has 1 saturated heterocycles. The van der Waals surface area contributed by atoms with Crippen molar-refractivity contribution < 1.29 is 24.6 Å². The first-order valence-corrected chi connectivity index (χ1v) is 10.2. The average Bonchev–Trinajstić information content (AvgIpc) is 3.03. The van der Waals surface area contributed by atoms with Crippen molar-refractivity contribution in [1.82, 2.24) is 4.90 Å². The van der Waals surface area contributed by atoms with Gasteiger partial charge in [-0.15, -0.1) is 0 Å². The molecular weight excluding hydrogens is 414 g/mol. The summed E-state index contributed by atoms with van der Waals surface area (Å²) in [6.07, 6.45) is 1.45. The number of aromatic carboxylic acids is 1. The summed E-state index contributed by atoms with van der Waals surface area (Å²) in [6.45, 7) is 0.146. The molecule has 0 aromatic heterocycles. The number of phenols is 1. The number of carboxylic acids is 1. The lowest BCUT2D eigenvalue weighted by Crippen LogP contribution is -2.27. The number of hydrogen-bond donors (Lipinski definition) is 2. The number of nitrogens with zero attached hydrogens (tertiary/aromatic N) is 1. The van der Waals surface area contributed by atoms with Crippen molar-refractivity contribution in [3.63, 3.8) is 0 Å². The molecule has 1 heterocycles. The van der Waals surface area contributed by atoms with Crippen LogP contribution >= 0.6 is 11.8 Å². The van der Waals surface area contributed by atoms with Crippen LogP contribution < -0.4 is 0 Å². The van der Waals surface area contributed by atoms with Gasteiger partial charge in [-0.2, -0.15) is 0 Å². The molecule has 0 unspecified atom stereocenters. The van der Waals surface area contributed by atoms with Crippen LogP contribution in [0, 0.1) is 0 Å². The molecule has 3 aromatic rings. The zero-order valence-corrected chi connectivity index (χ0v) is 17.0. The normalized spacial score (nSPS) is 15.0. The maximum Gasteiger partial charge on any atom is 0.339 e. The molecule has 0 bridgehead atoms. The second-order valence-corrected chi connectivity index (χ2v) is 7.91. The Labute approximate surface area is 182 Å². The predicted molar refractivity (Wildman–Crippen MR) is 118 cm³/mol. The lowest BCUT2D eigenvalue weighted by Gasteiger charge is -2.13. The van der Waals surface area contributed by atoms with Crippen molar-refractivity contribution in [2.75, 3.05) is 0 Å². The highest BCUT2D eigenvalue weighted by Crippen LogP contribution is 2.34. The number of hydrogen-bond acceptors (Lipinski definition) is 5. The molecule has 0 radical (unpaired) electrons. The second-order valence-electron chi connectivity index (χ2n) is 6.91. The number of carbonyl (C=O) groups excluding carboxylic acids is 2. The summed E-state index contributed by atoms with van der Waals surface area (Å²) < 4.78 is 0. The highest BCUT2D eigenvalue weighted by molar-refractivity contribution is 8.18. The van der Waals surface area contributed by atoms with Gasteiger partial charge in [0.1, 0.15) is 11.3 Å². The monoisotopic (exact) mass is 431 g/mol. The molecule has 6 nitrogen and oxygen atoms in total. The summed E-state index contributed by atoms with van der Waals surface area (Å²) in [6, 6.07) is 21.5. The second kappa shape index (κ2) is 8.49. The van der Waals surface area contributed by atoms with Gasteiger partial charge in [-0.25, -0.2) is 4.79 Å². The smallest absolute Gasteiger partial charge is 0.339 e. The van der Waals surface area contributed by atoms with E-state index in [0.29, 0.717) is 5.56 Å². The molecule has 3 aromatic carbocycles. The SMILES string of the molecule is O=C(O)c1cc(C=C2SC(=O)N(Cc3ccc(-c4ccccc4)cc3)C2=O)ccc1O. The van der Waals surface area contributed by atoms with Crippen LogP contribution in [0.3, 0.4) is 0 Å². The molecule has 154 valence electrons. The van der Waals surface area contributed by atoms with Gasteiger partial charge in [0.05, 0.1) is 11.4 Å². The quantitative estimate of drug-likeness (QED) is 0.553. The van der Waals surface area contributed by atoms with E-state index >= 15 is 0 Å². The molecule has 1 aliphatic rings. The van der Waals surface area contributed by atoms with E-state index < -0.39 is 11.9 Å². The Balaban J connectivity index is 1.52. The van der Waals surface area contributed by atoms with Gasteiger partial charge in [0.15, 0.2) is 0 Å². The van der Waals surface area contributed by atoms with Crippen LogP contribution in [0.4, 0.5) is 4.79 Å². The fourth-order valence-electron chi connectivity index (χ4n) is 3.22. The maximum absolute atomic E-state index is 12.7. The van der Waals surface area contributed by atoms with Gasteiger partial charge in [-0.3, -0.25) is 14.5 Å². The summed E-state index contributed by atoms with van der Waals surface area (Å²) in [7, 11) is 0. The third-order valence-corrected chi connectivity index (χ3v) is 5.73. The lowest BCUT2D eigenvalue weighted by molar-refractivity contribution is -0.123. The van der Waals surface area contributed by atoms with Gasteiger partial charge in [0.2, 0.25) is 0 Å². The Bertz CT molecular complexity index is 1200. The van der Waals surface area contributed by atoms with Gasteiger partial charge in [-0.05, 0) is 52.2 Å². The average molecular weight is 431 g/mol. The van der Waals surface area contributed by atoms with Crippen molar-refractivity contribution in [3.05, 3.63) is 94.4 Å². The molecule has 0 saturated carbocycles. The molecule has 2 amide bonds. The Hall–Kier alpha value is -3.84. The minimum absolute atomic E-state index is 0.146. The highest BCUT2D eigenvalue weighted by Gasteiger charge is 2.35. The molecule has 7 heteroatoms. The number of aromatic hydroxyl groups is 1. The van der Waals surface area contributed by atoms with E-state index in [1.807, 2.05) is 54.6 Å². The summed E-state index contributed by atoms with van der Waals surface area (Å²) in [4.78, 5) is 37.7. The summed E-state index contributed by atoms with van der Waals surface area (Å²) in [5, 5.41) is 18.4. The van der Waals surface area contributed by atoms with E-state index in [1.165, 1.54) is 24.3 Å². The fraction of sp³-hybridized carbons (Fsp3) is 0.0417. The van der Waals surface area contributed by atoms with Gasteiger partial charge in [0, 0.05) is 0 Å². The van der Waals surface area contributed by atoms with E-state index in [9.17, 15) is 19.5 Å². The summed E-state index contributed by atoms with van der Waals surface area (Å²) >= 11 is 0.803. The maximum atomic E-state index is 12.7. The van der Waals surface area contributed by atoms with Crippen LogP contribution in [-0.4, -0.2) is 32.2 Å². The van der Waals surface area contributed by atoms with Crippen molar-refractivity contribution >= 4 is 35.0 Å². The third kappa shape index (κ3) is 4.36. The van der Waals surface area contributed by atoms with Crippen molar-refractivity contribution in [2.24, 2.45) is 0 Å². The largest absolute Gasteiger partial charge is 0.507 e. The first-order chi connectivity index (χ1) is 14.9. The molecule has 4 rings (SSSR count). The van der Waals surface area contributed by atoms with E-state index in [1.54, 1.807) is 0 Å². The van der Waals surface area contributed by atoms with Crippen LogP contribution in [0.25, 0.3) is 17.2 Å². The van der Waals surface area contributed by atoms with Crippen LogP contribution in [0.2, 0.25) is 0 Å². The summed E-state index contributed by atoms with van der Waals surface area (Å²) in [5.74, 6) is -2.08. The van der Waals surface area contributed by atoms with Crippen molar-refractivity contribution in [3.8, 4) is 16.9 Å². The zero-order chi connectivity index (χ0) is 22.0. The Kier molecular flexibility index (Phi) is 5.60. The van der Waals surface area contributed by atoms with Gasteiger partial charge >= 0.3 is 5.97 Å². The molecule has 2 N–H and O–H groups in total. The third-order valence-electron chi connectivity index (χ3n) is 4.82. The van der Waals surface area contributed by atoms with Crippen molar-refractivity contribution in [1.29, 1.82) is 0 Å². The number of thioether (sulfide) groups is 1. The van der Waals surface area contributed by atoms with Crippen molar-refractivity contribution in [2.45, 2.75) is 6.54 Å². The highest BCUT2D eigenvalue weighted by atomic mass is 32.2. The van der Waals surface area contributed by atoms with E-state index in [0.717, 1.165) is 33.4 Å². The Morgan fingerprint density at radius 3 is 2.29 bits per heavy atom. The minimum atomic E-state index is -1.28. The number of benzene rings is 3. The number of amides is 2. The summed E-state index contributed by atoms with van der Waals surface area (Å²) in [5.41, 5.74) is 3.08. The van der Waals surface area contributed by atoms with E-state index in [2.05, 4.69) is 0 Å². The number of imide groups is 1. The molecule has 31 heavy (non-hydrogen) atoms. The number of carboxylic acid groups (broad SMARTS) is 1. The lowest BCUT2D eigenvalue weighted by atomic mass is 10.0. The molecule has 0 spiro atoms. The van der Waals surface area contributed by atoms with Gasteiger partial charge in [-0.1, -0.05) is 60.7 Å². The van der Waals surface area contributed by atoms with Crippen LogP contribution in [-0.2, 0) is 11.3 Å². The van der Waals surface area contributed by atoms with Crippen LogP contribution in [0.1, 0.15) is 21.5 Å². The van der Waals surface area contributed by atoms with E-state index in [-0.39, 0.29) is 28.0 Å². The zero-order valence-electron chi connectivity index (χ0n) is 16.2. The van der Waals surface area contributed by atoms with Crippen LogP contribution in [0.15, 0.2) is 77.7 Å². The fourth-order valence-corrected chi connectivity index (χ4v) is 4.06. The Morgan fingerprint density at radius 1 is 0.935 bits per heavy atom. The topological polar surface area (TPSA) is 94.9 Å². The van der Waals surface area contributed by atoms with Gasteiger partial charge in [0.25, 0.3) is 11.1 Å². The molecule has 1 aliphatic heterocycles. The van der Waals surface area contributed by atoms with E-state index in [4.69, 9.17) is 5.11 Å². The molecule has 0 aliphatic carbocycles. The molecular formula is C24H17NO5S. The molecule has 0 atom stereocenters.